The molecule has 2 rings (SSSR count). The molecule has 0 aromatic carbocycles. The average Bonchev–Trinajstić information content (AvgIpc) is 2.99. The number of hydrogen-bond acceptors (Lipinski definition) is 4. The van der Waals surface area contributed by atoms with Crippen molar-refractivity contribution in [3.8, 4) is 0 Å². The predicted molar refractivity (Wildman–Crippen MR) is 90.2 cm³/mol. The van der Waals surface area contributed by atoms with Crippen molar-refractivity contribution in [2.75, 3.05) is 23.3 Å². The Labute approximate surface area is 129 Å². The van der Waals surface area contributed by atoms with Crippen molar-refractivity contribution in [2.45, 2.75) is 71.8 Å². The normalized spacial score (nSPS) is 15.7. The van der Waals surface area contributed by atoms with Gasteiger partial charge in [0.1, 0.15) is 18.0 Å². The van der Waals surface area contributed by atoms with Gasteiger partial charge in [0.2, 0.25) is 0 Å². The molecule has 0 unspecified atom stereocenters. The zero-order valence-corrected chi connectivity index (χ0v) is 14.0. The van der Waals surface area contributed by atoms with Crippen LogP contribution < -0.4 is 10.2 Å². The van der Waals surface area contributed by atoms with Crippen LogP contribution in [0.4, 0.5) is 11.6 Å². The van der Waals surface area contributed by atoms with E-state index in [2.05, 4.69) is 47.9 Å². The van der Waals surface area contributed by atoms with Crippen LogP contribution in [0, 0.1) is 0 Å². The summed E-state index contributed by atoms with van der Waals surface area (Å²) in [5.74, 6) is 2.59. The number of anilines is 2. The van der Waals surface area contributed by atoms with Gasteiger partial charge < -0.3 is 10.2 Å². The Morgan fingerprint density at radius 2 is 1.95 bits per heavy atom. The molecule has 0 atom stereocenters. The van der Waals surface area contributed by atoms with Gasteiger partial charge in [-0.2, -0.15) is 0 Å². The Morgan fingerprint density at radius 1 is 1.24 bits per heavy atom. The third-order valence-corrected chi connectivity index (χ3v) is 4.36. The first kappa shape index (κ1) is 16.1. The first-order chi connectivity index (χ1) is 10.2. The molecular weight excluding hydrogens is 260 g/mol. The second kappa shape index (κ2) is 7.62. The lowest BCUT2D eigenvalue weighted by Crippen LogP contribution is -2.35. The highest BCUT2D eigenvalue weighted by atomic mass is 15.2. The zero-order chi connectivity index (χ0) is 15.2. The van der Waals surface area contributed by atoms with E-state index in [9.17, 15) is 0 Å². The summed E-state index contributed by atoms with van der Waals surface area (Å²) in [5, 5.41) is 3.48. The van der Waals surface area contributed by atoms with Crippen molar-refractivity contribution in [3.05, 3.63) is 11.9 Å². The molecule has 0 spiro atoms. The van der Waals surface area contributed by atoms with Crippen LogP contribution in [-0.2, 0) is 0 Å². The van der Waals surface area contributed by atoms with Crippen molar-refractivity contribution < 1.29 is 0 Å². The standard InChI is InChI=1S/C17H30N4/c1-5-11-18-16-15(13(3)4)17(20-12-19-16)21(6-2)14-9-7-8-10-14/h12-14H,5-11H2,1-4H3,(H,18,19,20). The summed E-state index contributed by atoms with van der Waals surface area (Å²) in [7, 11) is 0. The smallest absolute Gasteiger partial charge is 0.137 e. The third kappa shape index (κ3) is 3.66. The molecule has 1 aromatic heterocycles. The number of nitrogens with zero attached hydrogens (tertiary/aromatic N) is 3. The number of hydrogen-bond donors (Lipinski definition) is 1. The highest BCUT2D eigenvalue weighted by Crippen LogP contribution is 2.34. The number of aromatic nitrogens is 2. The fraction of sp³-hybridized carbons (Fsp3) is 0.765. The molecule has 1 aliphatic rings. The quantitative estimate of drug-likeness (QED) is 0.817. The molecule has 4 heteroatoms. The Hall–Kier alpha value is -1.32. The molecule has 21 heavy (non-hydrogen) atoms. The van der Waals surface area contributed by atoms with Crippen LogP contribution in [0.1, 0.15) is 71.3 Å². The Kier molecular flexibility index (Phi) is 5.83. The van der Waals surface area contributed by atoms with Crippen LogP contribution in [0.15, 0.2) is 6.33 Å². The first-order valence-corrected chi connectivity index (χ1v) is 8.54. The van der Waals surface area contributed by atoms with E-state index in [-0.39, 0.29) is 0 Å². The van der Waals surface area contributed by atoms with Gasteiger partial charge in [-0.25, -0.2) is 9.97 Å². The van der Waals surface area contributed by atoms with Crippen molar-refractivity contribution in [1.82, 2.24) is 9.97 Å². The average molecular weight is 290 g/mol. The molecule has 0 aliphatic heterocycles. The van der Waals surface area contributed by atoms with Gasteiger partial charge in [-0.3, -0.25) is 0 Å². The fourth-order valence-electron chi connectivity index (χ4n) is 3.33. The second-order valence-corrected chi connectivity index (χ2v) is 6.27. The van der Waals surface area contributed by atoms with Crippen LogP contribution in [0.25, 0.3) is 0 Å². The van der Waals surface area contributed by atoms with Crippen molar-refractivity contribution in [2.24, 2.45) is 0 Å². The van der Waals surface area contributed by atoms with Gasteiger partial charge in [-0.05, 0) is 32.1 Å². The van der Waals surface area contributed by atoms with Crippen LogP contribution in [0.5, 0.6) is 0 Å². The maximum atomic E-state index is 4.66. The van der Waals surface area contributed by atoms with Crippen LogP contribution >= 0.6 is 0 Å². The van der Waals surface area contributed by atoms with Gasteiger partial charge in [-0.15, -0.1) is 0 Å². The van der Waals surface area contributed by atoms with E-state index in [1.54, 1.807) is 6.33 Å². The molecule has 4 nitrogen and oxygen atoms in total. The lowest BCUT2D eigenvalue weighted by atomic mass is 10.0. The van der Waals surface area contributed by atoms with E-state index >= 15 is 0 Å². The second-order valence-electron chi connectivity index (χ2n) is 6.27. The van der Waals surface area contributed by atoms with Crippen molar-refractivity contribution >= 4 is 11.6 Å². The van der Waals surface area contributed by atoms with Crippen LogP contribution in [0.2, 0.25) is 0 Å². The van der Waals surface area contributed by atoms with E-state index in [0.717, 1.165) is 31.1 Å². The molecule has 1 heterocycles. The predicted octanol–water partition coefficient (Wildman–Crippen LogP) is 4.19. The fourth-order valence-corrected chi connectivity index (χ4v) is 3.33. The zero-order valence-electron chi connectivity index (χ0n) is 14.0. The molecule has 0 amide bonds. The van der Waals surface area contributed by atoms with E-state index in [0.29, 0.717) is 12.0 Å². The molecule has 1 saturated carbocycles. The molecular formula is C17H30N4. The minimum atomic E-state index is 0.427. The lowest BCUT2D eigenvalue weighted by molar-refractivity contribution is 0.606. The van der Waals surface area contributed by atoms with Crippen LogP contribution in [-0.4, -0.2) is 29.1 Å². The summed E-state index contributed by atoms with van der Waals surface area (Å²) in [6.45, 7) is 10.9. The monoisotopic (exact) mass is 290 g/mol. The van der Waals surface area contributed by atoms with E-state index in [1.165, 1.54) is 31.2 Å². The summed E-state index contributed by atoms with van der Waals surface area (Å²) in [4.78, 5) is 11.7. The Bertz CT molecular complexity index is 438. The minimum Gasteiger partial charge on any atom is -0.370 e. The van der Waals surface area contributed by atoms with Gasteiger partial charge in [0, 0.05) is 24.7 Å². The molecule has 0 bridgehead atoms. The molecule has 1 fully saturated rings. The Balaban J connectivity index is 2.35. The maximum Gasteiger partial charge on any atom is 0.137 e. The number of rotatable bonds is 7. The highest BCUT2D eigenvalue weighted by Gasteiger charge is 2.26. The summed E-state index contributed by atoms with van der Waals surface area (Å²) in [6.07, 6.45) is 8.13. The van der Waals surface area contributed by atoms with Crippen molar-refractivity contribution in [1.29, 1.82) is 0 Å². The van der Waals surface area contributed by atoms with Crippen LogP contribution in [0.3, 0.4) is 0 Å². The summed E-state index contributed by atoms with van der Waals surface area (Å²) in [5.41, 5.74) is 1.28. The first-order valence-electron chi connectivity index (χ1n) is 8.54. The van der Waals surface area contributed by atoms with E-state index < -0.39 is 0 Å². The molecule has 1 N–H and O–H groups in total. The highest BCUT2D eigenvalue weighted by molar-refractivity contribution is 5.60. The van der Waals surface area contributed by atoms with Gasteiger partial charge in [-0.1, -0.05) is 33.6 Å². The van der Waals surface area contributed by atoms with Gasteiger partial charge in [0.05, 0.1) is 0 Å². The molecule has 1 aromatic rings. The molecule has 0 saturated heterocycles. The summed E-state index contributed by atoms with van der Waals surface area (Å²) >= 11 is 0. The van der Waals surface area contributed by atoms with Crippen molar-refractivity contribution in [3.63, 3.8) is 0 Å². The Morgan fingerprint density at radius 3 is 2.52 bits per heavy atom. The molecule has 1 aliphatic carbocycles. The lowest BCUT2D eigenvalue weighted by Gasteiger charge is -2.32. The summed E-state index contributed by atoms with van der Waals surface area (Å²) in [6, 6.07) is 0.654. The number of nitrogens with one attached hydrogen (secondary N) is 1. The largest absolute Gasteiger partial charge is 0.370 e. The SMILES string of the molecule is CCCNc1ncnc(N(CC)C2CCCC2)c1C(C)C. The van der Waals surface area contributed by atoms with Gasteiger partial charge in [0.15, 0.2) is 0 Å². The third-order valence-electron chi connectivity index (χ3n) is 4.36. The maximum absolute atomic E-state index is 4.66. The van der Waals surface area contributed by atoms with Gasteiger partial charge >= 0.3 is 0 Å². The topological polar surface area (TPSA) is 41.1 Å². The minimum absolute atomic E-state index is 0.427. The van der Waals surface area contributed by atoms with Gasteiger partial charge in [0.25, 0.3) is 0 Å². The molecule has 118 valence electrons. The van der Waals surface area contributed by atoms with E-state index in [4.69, 9.17) is 0 Å². The molecule has 0 radical (unpaired) electrons. The van der Waals surface area contributed by atoms with E-state index in [1.807, 2.05) is 0 Å². The summed E-state index contributed by atoms with van der Waals surface area (Å²) < 4.78 is 0.